The molecule has 12 heavy (non-hydrogen) atoms. The van der Waals surface area contributed by atoms with Gasteiger partial charge < -0.3 is 0 Å². The van der Waals surface area contributed by atoms with Crippen molar-refractivity contribution in [2.75, 3.05) is 20.6 Å². The van der Waals surface area contributed by atoms with E-state index in [0.717, 1.165) is 16.8 Å². The van der Waals surface area contributed by atoms with Crippen LogP contribution in [0.25, 0.3) is 0 Å². The number of nitrogens with zero attached hydrogens (tertiary/aromatic N) is 1. The van der Waals surface area contributed by atoms with Crippen molar-refractivity contribution < 1.29 is 0 Å². The third-order valence-corrected chi connectivity index (χ3v) is 4.10. The number of hydrogen-bond donors (Lipinski definition) is 1. The van der Waals surface area contributed by atoms with Crippen LogP contribution in [0.15, 0.2) is 0 Å². The second kappa shape index (κ2) is 4.09. The molecule has 0 bridgehead atoms. The lowest BCUT2D eigenvalue weighted by molar-refractivity contribution is 0.157. The van der Waals surface area contributed by atoms with Gasteiger partial charge in [0.05, 0.1) is 0 Å². The lowest BCUT2D eigenvalue weighted by atomic mass is 10.1. The molecule has 0 aliphatic rings. The van der Waals surface area contributed by atoms with Crippen LogP contribution in [0.5, 0.6) is 0 Å². The van der Waals surface area contributed by atoms with E-state index in [9.17, 15) is 0 Å². The van der Waals surface area contributed by atoms with Crippen LogP contribution in [-0.4, -0.2) is 40.9 Å². The second-order valence-corrected chi connectivity index (χ2v) is 7.34. The number of alkyl halides is 1. The summed E-state index contributed by atoms with van der Waals surface area (Å²) in [7, 11) is 5.08. The van der Waals surface area contributed by atoms with E-state index in [1.807, 2.05) is 19.0 Å². The molecule has 0 aromatic heterocycles. The van der Waals surface area contributed by atoms with Crippen LogP contribution >= 0.6 is 11.6 Å². The van der Waals surface area contributed by atoms with E-state index in [0.29, 0.717) is 0 Å². The topological polar surface area (TPSA) is 15.3 Å². The van der Waals surface area contributed by atoms with E-state index < -0.39 is 5.12 Å². The van der Waals surface area contributed by atoms with E-state index in [2.05, 4.69) is 26.1 Å². The fraction of sp³-hybridized carbons (Fsp3) is 1.00. The summed E-state index contributed by atoms with van der Waals surface area (Å²) >= 11 is 6.50. The molecule has 0 aromatic rings. The fourth-order valence-electron chi connectivity index (χ4n) is 1.33. The van der Waals surface area contributed by atoms with Crippen LogP contribution in [-0.2, 0) is 0 Å². The average Bonchev–Trinajstić information content (AvgIpc) is 1.85. The molecule has 74 valence electrons. The van der Waals surface area contributed by atoms with Gasteiger partial charge in [-0.1, -0.05) is 32.4 Å². The first-order chi connectivity index (χ1) is 5.25. The maximum atomic E-state index is 6.50. The van der Waals surface area contributed by atoms with Gasteiger partial charge >= 0.3 is 0 Å². The van der Waals surface area contributed by atoms with Crippen LogP contribution in [0.2, 0.25) is 5.04 Å². The Morgan fingerprint density at radius 1 is 1.42 bits per heavy atom. The molecule has 1 atom stereocenters. The van der Waals surface area contributed by atoms with Crippen LogP contribution in [0.3, 0.4) is 0 Å². The fourth-order valence-corrected chi connectivity index (χ4v) is 2.09. The van der Waals surface area contributed by atoms with Crippen molar-refractivity contribution in [3.8, 4) is 0 Å². The van der Waals surface area contributed by atoms with Gasteiger partial charge in [0.1, 0.15) is 5.12 Å². The van der Waals surface area contributed by atoms with Crippen LogP contribution in [0.1, 0.15) is 20.8 Å². The third kappa shape index (κ3) is 2.46. The molecule has 1 unspecified atom stereocenters. The molecule has 0 rings (SSSR count). The number of hydrogen-bond acceptors (Lipinski definition) is 2. The summed E-state index contributed by atoms with van der Waals surface area (Å²) in [4.78, 5) is 2.05. The quantitative estimate of drug-likeness (QED) is 0.315. The van der Waals surface area contributed by atoms with E-state index in [4.69, 9.17) is 11.6 Å². The van der Waals surface area contributed by atoms with Crippen molar-refractivity contribution in [1.29, 1.82) is 0 Å². The van der Waals surface area contributed by atoms with Crippen molar-refractivity contribution in [3.05, 3.63) is 0 Å². The molecular formula is C8H21ClN2Si. The normalized spacial score (nSPS) is 18.2. The van der Waals surface area contributed by atoms with Gasteiger partial charge in [-0.05, 0) is 25.7 Å². The molecule has 0 aliphatic heterocycles. The molecule has 0 aromatic carbocycles. The molecule has 2 nitrogen and oxygen atoms in total. The Bertz CT molecular complexity index is 144. The Morgan fingerprint density at radius 3 is 1.92 bits per heavy atom. The van der Waals surface area contributed by atoms with Crippen molar-refractivity contribution in [3.63, 3.8) is 0 Å². The van der Waals surface area contributed by atoms with E-state index >= 15 is 0 Å². The van der Waals surface area contributed by atoms with E-state index in [-0.39, 0.29) is 5.04 Å². The zero-order valence-electron chi connectivity index (χ0n) is 9.03. The average molecular weight is 209 g/mol. The molecule has 4 heteroatoms. The zero-order valence-corrected chi connectivity index (χ0v) is 11.8. The Hall–Kier alpha value is 0.427. The Kier molecular flexibility index (Phi) is 4.24. The summed E-state index contributed by atoms with van der Waals surface area (Å²) in [5.41, 5.74) is 0. The second-order valence-electron chi connectivity index (χ2n) is 4.30. The maximum absolute atomic E-state index is 6.50. The van der Waals surface area contributed by atoms with Gasteiger partial charge in [-0.25, -0.2) is 0 Å². The summed E-state index contributed by atoms with van der Waals surface area (Å²) in [5.74, 6) is 0. The number of rotatable bonds is 4. The zero-order chi connectivity index (χ0) is 9.99. The summed E-state index contributed by atoms with van der Waals surface area (Å²) < 4.78 is 0. The van der Waals surface area contributed by atoms with Crippen molar-refractivity contribution >= 4 is 21.8 Å². The standard InChI is InChI=1S/C8H21ClN2Si/c1-6-10-8(9,11(4)5)7(2,3)12/h10H,6H2,1-5,12H3. The molecule has 0 radical (unpaired) electrons. The van der Waals surface area contributed by atoms with Crippen molar-refractivity contribution in [2.24, 2.45) is 0 Å². The summed E-state index contributed by atoms with van der Waals surface area (Å²) in [6.45, 7) is 7.35. The van der Waals surface area contributed by atoms with Gasteiger partial charge in [-0.2, -0.15) is 0 Å². The monoisotopic (exact) mass is 208 g/mol. The van der Waals surface area contributed by atoms with Gasteiger partial charge in [-0.3, -0.25) is 10.2 Å². The van der Waals surface area contributed by atoms with Crippen LogP contribution in [0, 0.1) is 0 Å². The summed E-state index contributed by atoms with van der Waals surface area (Å²) in [6, 6.07) is 0. The smallest absolute Gasteiger partial charge is 0.150 e. The SMILES string of the molecule is CCNC(Cl)(N(C)C)C(C)(C)[SiH3]. The van der Waals surface area contributed by atoms with E-state index in [1.165, 1.54) is 0 Å². The molecule has 1 N–H and O–H groups in total. The minimum absolute atomic E-state index is 0.147. The predicted molar refractivity (Wildman–Crippen MR) is 59.9 cm³/mol. The van der Waals surface area contributed by atoms with Crippen LogP contribution in [0.4, 0.5) is 0 Å². The minimum Gasteiger partial charge on any atom is -0.287 e. The lowest BCUT2D eigenvalue weighted by Crippen LogP contribution is -2.57. The Balaban J connectivity index is 4.62. The highest BCUT2D eigenvalue weighted by molar-refractivity contribution is 6.30. The van der Waals surface area contributed by atoms with Gasteiger partial charge in [0.15, 0.2) is 0 Å². The van der Waals surface area contributed by atoms with Crippen LogP contribution < -0.4 is 5.32 Å². The number of nitrogens with one attached hydrogen (secondary N) is 1. The van der Waals surface area contributed by atoms with Gasteiger partial charge in [-0.15, -0.1) is 0 Å². The van der Waals surface area contributed by atoms with E-state index in [1.54, 1.807) is 0 Å². The maximum Gasteiger partial charge on any atom is 0.150 e. The lowest BCUT2D eigenvalue weighted by Gasteiger charge is -2.45. The molecular weight excluding hydrogens is 188 g/mol. The Labute approximate surface area is 84.1 Å². The summed E-state index contributed by atoms with van der Waals surface area (Å²) in [5, 5.41) is 3.08. The molecule has 0 saturated carbocycles. The first-order valence-corrected chi connectivity index (χ1v) is 5.75. The molecule has 0 aliphatic carbocycles. The largest absolute Gasteiger partial charge is 0.287 e. The first-order valence-electron chi connectivity index (χ1n) is 4.37. The van der Waals surface area contributed by atoms with Crippen molar-refractivity contribution in [1.82, 2.24) is 10.2 Å². The first kappa shape index (κ1) is 12.4. The highest BCUT2D eigenvalue weighted by Gasteiger charge is 2.41. The minimum atomic E-state index is -0.395. The highest BCUT2D eigenvalue weighted by Crippen LogP contribution is 2.39. The third-order valence-electron chi connectivity index (χ3n) is 2.02. The summed E-state index contributed by atoms with van der Waals surface area (Å²) in [6.07, 6.45) is 0. The predicted octanol–water partition coefficient (Wildman–Crippen LogP) is 0.614. The molecule has 0 amide bonds. The molecule has 0 fully saturated rings. The molecule has 0 spiro atoms. The van der Waals surface area contributed by atoms with Gasteiger partial charge in [0, 0.05) is 10.2 Å². The highest BCUT2D eigenvalue weighted by atomic mass is 35.5. The number of halogens is 1. The molecule has 0 heterocycles. The van der Waals surface area contributed by atoms with Gasteiger partial charge in [0.2, 0.25) is 0 Å². The Morgan fingerprint density at radius 2 is 1.83 bits per heavy atom. The van der Waals surface area contributed by atoms with Gasteiger partial charge in [0.25, 0.3) is 0 Å². The molecule has 0 saturated heterocycles. The van der Waals surface area contributed by atoms with Crippen molar-refractivity contribution in [2.45, 2.75) is 30.9 Å².